The normalized spacial score (nSPS) is 13.7. The zero-order chi connectivity index (χ0) is 17.8. The van der Waals surface area contributed by atoms with E-state index in [1.54, 1.807) is 48.5 Å². The Morgan fingerprint density at radius 2 is 1.56 bits per heavy atom. The average molecular weight is 375 g/mol. The molecule has 0 heterocycles. The van der Waals surface area contributed by atoms with Crippen LogP contribution in [0.25, 0.3) is 6.08 Å². The highest BCUT2D eigenvalue weighted by Crippen LogP contribution is 2.30. The third kappa shape index (κ3) is 4.84. The van der Waals surface area contributed by atoms with Crippen LogP contribution in [0.15, 0.2) is 48.5 Å². The Kier molecular flexibility index (Phi) is 5.41. The average Bonchev–Trinajstić information content (AvgIpc) is 3.39. The fourth-order valence-corrected chi connectivity index (χ4v) is 2.80. The van der Waals surface area contributed by atoms with Gasteiger partial charge in [0.1, 0.15) is 0 Å². The van der Waals surface area contributed by atoms with Gasteiger partial charge in [0.2, 0.25) is 11.8 Å². The molecule has 25 heavy (non-hydrogen) atoms. The maximum atomic E-state index is 12.1. The second-order valence-corrected chi connectivity index (χ2v) is 6.62. The van der Waals surface area contributed by atoms with Gasteiger partial charge < -0.3 is 10.6 Å². The number of halogens is 2. The fraction of sp³-hybridized carbons (Fsp3) is 0.158. The molecule has 0 saturated heterocycles. The van der Waals surface area contributed by atoms with Crippen LogP contribution in [0.5, 0.6) is 0 Å². The van der Waals surface area contributed by atoms with E-state index in [9.17, 15) is 9.59 Å². The lowest BCUT2D eigenvalue weighted by molar-refractivity contribution is -0.117. The lowest BCUT2D eigenvalue weighted by Gasteiger charge is -2.07. The van der Waals surface area contributed by atoms with Crippen LogP contribution in [0.4, 0.5) is 11.4 Å². The molecule has 0 bridgehead atoms. The van der Waals surface area contributed by atoms with Gasteiger partial charge in [-0.1, -0.05) is 35.3 Å². The molecule has 0 atom stereocenters. The Morgan fingerprint density at radius 3 is 2.20 bits per heavy atom. The van der Waals surface area contributed by atoms with E-state index in [0.717, 1.165) is 12.8 Å². The molecule has 2 aromatic rings. The Balaban J connectivity index is 1.64. The van der Waals surface area contributed by atoms with Crippen LogP contribution in [0.3, 0.4) is 0 Å². The number of rotatable bonds is 5. The Bertz CT molecular complexity index is 825. The Hall–Kier alpha value is -2.30. The first-order chi connectivity index (χ1) is 12.0. The maximum absolute atomic E-state index is 12.1. The van der Waals surface area contributed by atoms with Crippen LogP contribution >= 0.6 is 23.2 Å². The van der Waals surface area contributed by atoms with Gasteiger partial charge in [0.25, 0.3) is 0 Å². The molecule has 1 aliphatic rings. The molecule has 1 aliphatic carbocycles. The van der Waals surface area contributed by atoms with Gasteiger partial charge in [-0.05, 0) is 49.2 Å². The van der Waals surface area contributed by atoms with E-state index >= 15 is 0 Å². The highest BCUT2D eigenvalue weighted by Gasteiger charge is 2.29. The van der Waals surface area contributed by atoms with Crippen LogP contribution in [-0.4, -0.2) is 11.8 Å². The summed E-state index contributed by atoms with van der Waals surface area (Å²) in [5.41, 5.74) is 1.84. The molecule has 3 rings (SSSR count). The van der Waals surface area contributed by atoms with Crippen molar-refractivity contribution in [2.24, 2.45) is 5.92 Å². The zero-order valence-corrected chi connectivity index (χ0v) is 14.8. The number of hydrogen-bond donors (Lipinski definition) is 2. The summed E-state index contributed by atoms with van der Waals surface area (Å²) in [4.78, 5) is 23.9. The molecule has 0 aliphatic heterocycles. The highest BCUT2D eigenvalue weighted by molar-refractivity contribution is 6.37. The number of carbonyl (C=O) groups is 2. The van der Waals surface area contributed by atoms with Gasteiger partial charge in [0.15, 0.2) is 0 Å². The largest absolute Gasteiger partial charge is 0.326 e. The molecular formula is C19H16Cl2N2O2. The van der Waals surface area contributed by atoms with Gasteiger partial charge in [-0.2, -0.15) is 0 Å². The summed E-state index contributed by atoms with van der Waals surface area (Å²) in [7, 11) is 0. The van der Waals surface area contributed by atoms with Crippen LogP contribution in [0, 0.1) is 5.92 Å². The topological polar surface area (TPSA) is 58.2 Å². The monoisotopic (exact) mass is 374 g/mol. The van der Waals surface area contributed by atoms with Crippen molar-refractivity contribution in [3.05, 3.63) is 64.1 Å². The summed E-state index contributed by atoms with van der Waals surface area (Å²) in [6, 6.07) is 12.2. The van der Waals surface area contributed by atoms with E-state index in [-0.39, 0.29) is 17.7 Å². The third-order valence-corrected chi connectivity index (χ3v) is 4.41. The van der Waals surface area contributed by atoms with E-state index < -0.39 is 0 Å². The van der Waals surface area contributed by atoms with E-state index in [2.05, 4.69) is 10.6 Å². The van der Waals surface area contributed by atoms with Gasteiger partial charge in [0.05, 0.1) is 0 Å². The van der Waals surface area contributed by atoms with E-state index in [4.69, 9.17) is 23.2 Å². The summed E-state index contributed by atoms with van der Waals surface area (Å²) in [5.74, 6) is -0.167. The minimum Gasteiger partial charge on any atom is -0.326 e. The molecule has 0 radical (unpaired) electrons. The van der Waals surface area contributed by atoms with Crippen molar-refractivity contribution in [1.82, 2.24) is 0 Å². The molecule has 4 nitrogen and oxygen atoms in total. The van der Waals surface area contributed by atoms with Crippen LogP contribution in [0.1, 0.15) is 18.4 Å². The molecule has 6 heteroatoms. The summed E-state index contributed by atoms with van der Waals surface area (Å²) in [5, 5.41) is 6.54. The lowest BCUT2D eigenvalue weighted by atomic mass is 10.2. The van der Waals surface area contributed by atoms with Gasteiger partial charge in [-0.3, -0.25) is 9.59 Å². The van der Waals surface area contributed by atoms with Crippen molar-refractivity contribution < 1.29 is 9.59 Å². The number of amides is 2. The van der Waals surface area contributed by atoms with Gasteiger partial charge in [-0.25, -0.2) is 0 Å². The predicted octanol–water partition coefficient (Wildman–Crippen LogP) is 4.99. The predicted molar refractivity (Wildman–Crippen MR) is 102 cm³/mol. The van der Waals surface area contributed by atoms with Crippen molar-refractivity contribution >= 4 is 52.5 Å². The molecular weight excluding hydrogens is 359 g/mol. The number of carbonyl (C=O) groups excluding carboxylic acids is 2. The van der Waals surface area contributed by atoms with Crippen LogP contribution < -0.4 is 10.6 Å². The Morgan fingerprint density at radius 1 is 0.960 bits per heavy atom. The summed E-state index contributed by atoms with van der Waals surface area (Å²) >= 11 is 12.1. The molecule has 128 valence electrons. The zero-order valence-electron chi connectivity index (χ0n) is 13.3. The minimum atomic E-state index is -0.318. The molecule has 2 aromatic carbocycles. The van der Waals surface area contributed by atoms with Crippen molar-refractivity contribution in [2.45, 2.75) is 12.8 Å². The molecule has 1 fully saturated rings. The van der Waals surface area contributed by atoms with Gasteiger partial charge >= 0.3 is 0 Å². The van der Waals surface area contributed by atoms with Crippen LogP contribution in [-0.2, 0) is 9.59 Å². The standard InChI is InChI=1S/C19H16Cl2N2O2/c20-16-5-2-6-17(21)15(16)9-10-18(24)22-13-3-1-4-14(11-13)23-19(25)12-7-8-12/h1-6,9-12H,7-8H2,(H,22,24)(H,23,25)/b10-9+. The SMILES string of the molecule is O=C(/C=C/c1c(Cl)cccc1Cl)Nc1cccc(NC(=O)C2CC2)c1. The number of nitrogens with one attached hydrogen (secondary N) is 2. The van der Waals surface area contributed by atoms with E-state index in [1.807, 2.05) is 0 Å². The summed E-state index contributed by atoms with van der Waals surface area (Å²) < 4.78 is 0. The van der Waals surface area contributed by atoms with Gasteiger partial charge in [-0.15, -0.1) is 0 Å². The second-order valence-electron chi connectivity index (χ2n) is 5.80. The molecule has 0 unspecified atom stereocenters. The molecule has 2 N–H and O–H groups in total. The molecule has 1 saturated carbocycles. The van der Waals surface area contributed by atoms with Crippen molar-refractivity contribution in [3.8, 4) is 0 Å². The van der Waals surface area contributed by atoms with Crippen molar-refractivity contribution in [2.75, 3.05) is 10.6 Å². The molecule has 0 spiro atoms. The third-order valence-electron chi connectivity index (χ3n) is 3.75. The Labute approximate surface area is 155 Å². The lowest BCUT2D eigenvalue weighted by Crippen LogP contribution is -2.14. The minimum absolute atomic E-state index is 0.0248. The first kappa shape index (κ1) is 17.5. The van der Waals surface area contributed by atoms with Gasteiger partial charge in [0, 0.05) is 39.0 Å². The highest BCUT2D eigenvalue weighted by atomic mass is 35.5. The van der Waals surface area contributed by atoms with E-state index in [0.29, 0.717) is 27.0 Å². The molecule has 2 amide bonds. The second kappa shape index (κ2) is 7.72. The quantitative estimate of drug-likeness (QED) is 0.723. The maximum Gasteiger partial charge on any atom is 0.248 e. The summed E-state index contributed by atoms with van der Waals surface area (Å²) in [6.07, 6.45) is 4.82. The number of hydrogen-bond acceptors (Lipinski definition) is 2. The van der Waals surface area contributed by atoms with E-state index in [1.165, 1.54) is 6.08 Å². The van der Waals surface area contributed by atoms with Crippen molar-refractivity contribution in [3.63, 3.8) is 0 Å². The van der Waals surface area contributed by atoms with Crippen molar-refractivity contribution in [1.29, 1.82) is 0 Å². The van der Waals surface area contributed by atoms with Crippen LogP contribution in [0.2, 0.25) is 10.0 Å². The summed E-state index contributed by atoms with van der Waals surface area (Å²) in [6.45, 7) is 0. The first-order valence-corrected chi connectivity index (χ1v) is 8.62. The number of benzene rings is 2. The molecule has 0 aromatic heterocycles. The fourth-order valence-electron chi connectivity index (χ4n) is 2.28. The first-order valence-electron chi connectivity index (χ1n) is 7.87. The number of anilines is 2. The smallest absolute Gasteiger partial charge is 0.248 e.